The maximum absolute atomic E-state index is 10.4. The molecule has 2 fully saturated rings. The minimum absolute atomic E-state index is 0. The van der Waals surface area contributed by atoms with Crippen LogP contribution >= 0.6 is 0 Å². The predicted octanol–water partition coefficient (Wildman–Crippen LogP) is -1.38. The summed E-state index contributed by atoms with van der Waals surface area (Å²) in [6.45, 7) is 1.39. The summed E-state index contributed by atoms with van der Waals surface area (Å²) in [6, 6.07) is 0. The molecule has 6 nitrogen and oxygen atoms in total. The van der Waals surface area contributed by atoms with Crippen LogP contribution in [0.1, 0.15) is 51.4 Å². The van der Waals surface area contributed by atoms with Crippen molar-refractivity contribution in [3.8, 4) is 0 Å². The minimum Gasteiger partial charge on any atom is -0.550 e. The zero-order valence-electron chi connectivity index (χ0n) is 13.9. The van der Waals surface area contributed by atoms with Gasteiger partial charge in [-0.15, -0.1) is 0 Å². The zero-order valence-corrected chi connectivity index (χ0v) is 16.1. The molecule has 0 radical (unpaired) electrons. The third-order valence-corrected chi connectivity index (χ3v) is 5.03. The molecule has 7 heteroatoms. The van der Waals surface area contributed by atoms with Crippen LogP contribution in [-0.2, 0) is 9.59 Å². The number of nitrogens with two attached hydrogens (primary N) is 2. The number of carbonyl (C=O) groups excluding carboxylic acids is 2. The number of aliphatic carboxylic acids is 2. The van der Waals surface area contributed by atoms with Crippen LogP contribution in [0.5, 0.6) is 0 Å². The van der Waals surface area contributed by atoms with Crippen molar-refractivity contribution >= 4 is 49.7 Å². The summed E-state index contributed by atoms with van der Waals surface area (Å²) < 4.78 is 0. The van der Waals surface area contributed by atoms with Gasteiger partial charge in [-0.05, 0) is 88.1 Å². The Bertz CT molecular complexity index is 318. The van der Waals surface area contributed by atoms with Gasteiger partial charge in [0.05, 0.1) is 0 Å². The summed E-state index contributed by atoms with van der Waals surface area (Å²) in [6.07, 6.45) is 6.83. The quantitative estimate of drug-likeness (QED) is 0.599. The van der Waals surface area contributed by atoms with E-state index in [-0.39, 0.29) is 49.6 Å². The van der Waals surface area contributed by atoms with Gasteiger partial charge in [0.15, 0.2) is 0 Å². The first-order valence-electron chi connectivity index (χ1n) is 8.29. The fourth-order valence-corrected chi connectivity index (χ4v) is 3.27. The normalized spacial score (nSPS) is 30.3. The van der Waals surface area contributed by atoms with E-state index in [4.69, 9.17) is 11.5 Å². The number of carboxylic acids is 2. The average molecular weight is 352 g/mol. The third-order valence-electron chi connectivity index (χ3n) is 5.03. The van der Waals surface area contributed by atoms with Crippen molar-refractivity contribution in [2.24, 2.45) is 35.1 Å². The van der Waals surface area contributed by atoms with Crippen molar-refractivity contribution in [3.63, 3.8) is 0 Å². The monoisotopic (exact) mass is 352 g/mol. The molecule has 23 heavy (non-hydrogen) atoms. The number of hydrogen-bond donors (Lipinski definition) is 2. The summed E-state index contributed by atoms with van der Waals surface area (Å²) in [5.41, 5.74) is 10.9. The molecule has 0 aromatic carbocycles. The molecule has 0 heterocycles. The molecule has 0 amide bonds. The smallest absolute Gasteiger partial charge is 0.550 e. The van der Waals surface area contributed by atoms with Gasteiger partial charge in [0.25, 0.3) is 0 Å². The molecule has 0 aliphatic heterocycles. The Morgan fingerprint density at radius 3 is 1.13 bits per heavy atom. The van der Waals surface area contributed by atoms with Crippen LogP contribution < -0.4 is 21.7 Å². The maximum Gasteiger partial charge on any atom is 2.00 e. The first-order chi connectivity index (χ1) is 10.5. The van der Waals surface area contributed by atoms with E-state index < -0.39 is 11.9 Å². The van der Waals surface area contributed by atoms with E-state index in [9.17, 15) is 19.8 Å². The van der Waals surface area contributed by atoms with Gasteiger partial charge >= 0.3 is 37.7 Å². The average Bonchev–Trinajstić information content (AvgIpc) is 2.55. The Hall–Kier alpha value is 0.120. The number of carboxylic acid groups (broad SMARTS) is 2. The van der Waals surface area contributed by atoms with E-state index in [2.05, 4.69) is 0 Å². The van der Waals surface area contributed by atoms with Crippen LogP contribution in [0.15, 0.2) is 0 Å². The minimum atomic E-state index is -0.888. The van der Waals surface area contributed by atoms with Gasteiger partial charge in [0.2, 0.25) is 0 Å². The van der Waals surface area contributed by atoms with E-state index in [0.29, 0.717) is 24.9 Å². The summed E-state index contributed by atoms with van der Waals surface area (Å²) in [5, 5.41) is 20.8. The van der Waals surface area contributed by atoms with E-state index in [1.807, 2.05) is 0 Å². The van der Waals surface area contributed by atoms with Crippen LogP contribution in [0.25, 0.3) is 0 Å². The van der Waals surface area contributed by atoms with E-state index >= 15 is 0 Å². The maximum atomic E-state index is 10.4. The molecule has 2 rings (SSSR count). The van der Waals surface area contributed by atoms with Gasteiger partial charge in [-0.3, -0.25) is 0 Å². The van der Waals surface area contributed by atoms with Crippen molar-refractivity contribution in [2.45, 2.75) is 51.4 Å². The molecule has 0 aromatic heterocycles. The largest absolute Gasteiger partial charge is 2.00 e. The summed E-state index contributed by atoms with van der Waals surface area (Å²) in [7, 11) is 0. The molecule has 0 bridgehead atoms. The SMILES string of the molecule is NCC1CCC(C(=O)[O-])CC1.NCC1CCC(C(=O)[O-])CC1.[Ca+2]. The first-order valence-corrected chi connectivity index (χ1v) is 8.29. The fourth-order valence-electron chi connectivity index (χ4n) is 3.27. The van der Waals surface area contributed by atoms with Gasteiger partial charge in [-0.25, -0.2) is 0 Å². The van der Waals surface area contributed by atoms with E-state index in [0.717, 1.165) is 51.4 Å². The predicted molar refractivity (Wildman–Crippen MR) is 84.8 cm³/mol. The second-order valence-corrected chi connectivity index (χ2v) is 6.54. The molecule has 2 saturated carbocycles. The van der Waals surface area contributed by atoms with Crippen LogP contribution in [0.2, 0.25) is 0 Å². The molecular weight excluding hydrogens is 324 g/mol. The molecular formula is C16H28CaN2O4. The van der Waals surface area contributed by atoms with Crippen molar-refractivity contribution in [1.82, 2.24) is 0 Å². The molecule has 0 saturated heterocycles. The molecule has 4 N–H and O–H groups in total. The Labute approximate surface area is 168 Å². The molecule has 0 aromatic rings. The summed E-state index contributed by atoms with van der Waals surface area (Å²) in [4.78, 5) is 20.8. The fraction of sp³-hybridized carbons (Fsp3) is 0.875. The third kappa shape index (κ3) is 8.68. The molecule has 0 unspecified atom stereocenters. The number of carbonyl (C=O) groups is 2. The Kier molecular flexibility index (Phi) is 12.5. The molecule has 2 aliphatic carbocycles. The van der Waals surface area contributed by atoms with Crippen molar-refractivity contribution in [1.29, 1.82) is 0 Å². The molecule has 0 atom stereocenters. The first kappa shape index (κ1) is 23.1. The number of rotatable bonds is 4. The van der Waals surface area contributed by atoms with Crippen molar-refractivity contribution in [3.05, 3.63) is 0 Å². The summed E-state index contributed by atoms with van der Waals surface area (Å²) >= 11 is 0. The molecule has 0 spiro atoms. The van der Waals surface area contributed by atoms with E-state index in [1.54, 1.807) is 0 Å². The van der Waals surface area contributed by atoms with Crippen LogP contribution in [0.3, 0.4) is 0 Å². The van der Waals surface area contributed by atoms with Gasteiger partial charge in [-0.1, -0.05) is 0 Å². The van der Waals surface area contributed by atoms with Gasteiger partial charge in [0.1, 0.15) is 0 Å². The Balaban J connectivity index is 0.000000403. The zero-order chi connectivity index (χ0) is 16.5. The van der Waals surface area contributed by atoms with Crippen LogP contribution in [0, 0.1) is 23.7 Å². The van der Waals surface area contributed by atoms with Gasteiger partial charge in [0, 0.05) is 11.9 Å². The Morgan fingerprint density at radius 1 is 0.696 bits per heavy atom. The van der Waals surface area contributed by atoms with Crippen LogP contribution in [0.4, 0.5) is 0 Å². The Morgan fingerprint density at radius 2 is 0.957 bits per heavy atom. The molecule has 2 aliphatic rings. The topological polar surface area (TPSA) is 132 Å². The van der Waals surface area contributed by atoms with Crippen LogP contribution in [-0.4, -0.2) is 62.8 Å². The van der Waals surface area contributed by atoms with Gasteiger partial charge in [-0.2, -0.15) is 0 Å². The number of hydrogen-bond acceptors (Lipinski definition) is 6. The van der Waals surface area contributed by atoms with E-state index in [1.165, 1.54) is 0 Å². The van der Waals surface area contributed by atoms with Gasteiger partial charge < -0.3 is 31.3 Å². The van der Waals surface area contributed by atoms with Crippen molar-refractivity contribution < 1.29 is 19.8 Å². The second-order valence-electron chi connectivity index (χ2n) is 6.54. The molecule has 128 valence electrons. The van der Waals surface area contributed by atoms with Crippen molar-refractivity contribution in [2.75, 3.05) is 13.1 Å². The summed E-state index contributed by atoms with van der Waals surface area (Å²) in [5.74, 6) is -1.10. The second kappa shape index (κ2) is 12.5. The standard InChI is InChI=1S/2C8H15NO2.Ca/c2*9-5-6-1-3-7(4-2-6)8(10)11;/h2*6-7H,1-5,9H2,(H,10,11);/q;;+2/p-2.